The van der Waals surface area contributed by atoms with Gasteiger partial charge in [-0.2, -0.15) is 11.8 Å². The maximum absolute atomic E-state index is 4.28. The normalized spacial score (nSPS) is 19.2. The second-order valence-corrected chi connectivity index (χ2v) is 5.96. The quantitative estimate of drug-likeness (QED) is 0.726. The molecule has 1 aromatic rings. The van der Waals surface area contributed by atoms with E-state index >= 15 is 0 Å². The Morgan fingerprint density at radius 3 is 2.88 bits per heavy atom. The van der Waals surface area contributed by atoms with Gasteiger partial charge in [-0.15, -0.1) is 0 Å². The van der Waals surface area contributed by atoms with Gasteiger partial charge in [-0.05, 0) is 47.3 Å². The topological polar surface area (TPSA) is 0 Å². The second-order valence-electron chi connectivity index (χ2n) is 5.09. The minimum atomic E-state index is 0.825. The molecule has 17 heavy (non-hydrogen) atoms. The first-order valence-electron chi connectivity index (χ1n) is 6.53. The number of allylic oxidation sites excluding steroid dienone is 1. The van der Waals surface area contributed by atoms with Crippen LogP contribution in [0.25, 0.3) is 5.57 Å². The lowest BCUT2D eigenvalue weighted by molar-refractivity contribution is 0.478. The Morgan fingerprint density at radius 1 is 1.35 bits per heavy atom. The Bertz CT molecular complexity index is 406. The molecule has 2 rings (SSSR count). The molecule has 1 aromatic carbocycles. The summed E-state index contributed by atoms with van der Waals surface area (Å²) in [5.74, 6) is 1.94. The highest BCUT2D eigenvalue weighted by Gasteiger charge is 2.20. The molecule has 1 unspecified atom stereocenters. The maximum Gasteiger partial charge on any atom is 0.0182 e. The fourth-order valence-electron chi connectivity index (χ4n) is 2.84. The third kappa shape index (κ3) is 2.95. The largest absolute Gasteiger partial charge is 0.161 e. The van der Waals surface area contributed by atoms with Crippen molar-refractivity contribution in [2.75, 3.05) is 6.26 Å². The highest BCUT2D eigenvalue weighted by atomic mass is 32.2. The Labute approximate surface area is 110 Å². The van der Waals surface area contributed by atoms with E-state index < -0.39 is 0 Å². The number of thioether (sulfide) groups is 1. The number of rotatable bonds is 4. The summed E-state index contributed by atoms with van der Waals surface area (Å²) in [5, 5.41) is 0. The zero-order chi connectivity index (χ0) is 12.3. The van der Waals surface area contributed by atoms with Crippen molar-refractivity contribution < 1.29 is 0 Å². The molecule has 0 amide bonds. The predicted molar refractivity (Wildman–Crippen MR) is 79.4 cm³/mol. The summed E-state index contributed by atoms with van der Waals surface area (Å²) >= 11 is 1.89. The number of hydrogen-bond acceptors (Lipinski definition) is 1. The van der Waals surface area contributed by atoms with Crippen molar-refractivity contribution in [1.29, 1.82) is 0 Å². The first-order chi connectivity index (χ1) is 8.24. The van der Waals surface area contributed by atoms with E-state index in [2.05, 4.69) is 38.0 Å². The van der Waals surface area contributed by atoms with Crippen LogP contribution in [-0.4, -0.2) is 6.26 Å². The summed E-state index contributed by atoms with van der Waals surface area (Å²) in [6, 6.07) is 6.97. The Balaban J connectivity index is 2.22. The summed E-state index contributed by atoms with van der Waals surface area (Å²) in [4.78, 5) is 0. The summed E-state index contributed by atoms with van der Waals surface area (Å²) in [7, 11) is 0. The third-order valence-electron chi connectivity index (χ3n) is 3.61. The van der Waals surface area contributed by atoms with Crippen molar-refractivity contribution in [3.05, 3.63) is 41.5 Å². The second kappa shape index (κ2) is 5.77. The maximum atomic E-state index is 4.28. The molecule has 1 aliphatic rings. The van der Waals surface area contributed by atoms with Gasteiger partial charge >= 0.3 is 0 Å². The van der Waals surface area contributed by atoms with Crippen molar-refractivity contribution in [2.45, 2.75) is 38.4 Å². The standard InChI is InChI=1S/C16H22S/c1-4-5-13-8-12(2)16-10-14(11-17-3)6-7-15(16)9-13/h6-7,10,13H,2,4-5,8-9,11H2,1,3H3. The molecule has 0 N–H and O–H groups in total. The van der Waals surface area contributed by atoms with E-state index in [0.717, 1.165) is 11.7 Å². The van der Waals surface area contributed by atoms with Gasteiger partial charge in [0.2, 0.25) is 0 Å². The van der Waals surface area contributed by atoms with E-state index in [1.165, 1.54) is 47.9 Å². The highest BCUT2D eigenvalue weighted by molar-refractivity contribution is 7.97. The van der Waals surface area contributed by atoms with Crippen LogP contribution < -0.4 is 0 Å². The molecule has 1 aliphatic carbocycles. The van der Waals surface area contributed by atoms with Gasteiger partial charge < -0.3 is 0 Å². The van der Waals surface area contributed by atoms with Gasteiger partial charge in [0.15, 0.2) is 0 Å². The van der Waals surface area contributed by atoms with Crippen molar-refractivity contribution in [3.63, 3.8) is 0 Å². The Morgan fingerprint density at radius 2 is 2.18 bits per heavy atom. The van der Waals surface area contributed by atoms with E-state index in [9.17, 15) is 0 Å². The van der Waals surface area contributed by atoms with Gasteiger partial charge in [-0.25, -0.2) is 0 Å². The lowest BCUT2D eigenvalue weighted by Crippen LogP contribution is -2.13. The molecule has 0 nitrogen and oxygen atoms in total. The molecule has 0 saturated heterocycles. The van der Waals surface area contributed by atoms with Gasteiger partial charge in [0.1, 0.15) is 0 Å². The molecule has 0 bridgehead atoms. The first kappa shape index (κ1) is 12.8. The van der Waals surface area contributed by atoms with Crippen molar-refractivity contribution in [1.82, 2.24) is 0 Å². The van der Waals surface area contributed by atoms with Gasteiger partial charge in [0.05, 0.1) is 0 Å². The zero-order valence-corrected chi connectivity index (χ0v) is 11.8. The minimum absolute atomic E-state index is 0.825. The molecule has 0 heterocycles. The molecular weight excluding hydrogens is 224 g/mol. The SMILES string of the molecule is C=C1CC(CCC)Cc2ccc(CSC)cc21. The molecule has 92 valence electrons. The van der Waals surface area contributed by atoms with Gasteiger partial charge in [0.25, 0.3) is 0 Å². The average Bonchev–Trinajstić information content (AvgIpc) is 2.31. The number of fused-ring (bicyclic) bond motifs is 1. The summed E-state index contributed by atoms with van der Waals surface area (Å²) in [6.45, 7) is 6.56. The lowest BCUT2D eigenvalue weighted by atomic mass is 9.79. The third-order valence-corrected chi connectivity index (χ3v) is 4.23. The van der Waals surface area contributed by atoms with Crippen LogP contribution in [-0.2, 0) is 12.2 Å². The molecule has 0 spiro atoms. The predicted octanol–water partition coefficient (Wildman–Crippen LogP) is 4.93. The van der Waals surface area contributed by atoms with Gasteiger partial charge in [0, 0.05) is 5.75 Å². The molecule has 0 aromatic heterocycles. The molecule has 0 aliphatic heterocycles. The fraction of sp³-hybridized carbons (Fsp3) is 0.500. The fourth-order valence-corrected chi connectivity index (χ4v) is 3.35. The van der Waals surface area contributed by atoms with Crippen LogP contribution in [0.3, 0.4) is 0 Å². The van der Waals surface area contributed by atoms with Crippen LogP contribution in [0.2, 0.25) is 0 Å². The van der Waals surface area contributed by atoms with Gasteiger partial charge in [-0.1, -0.05) is 44.5 Å². The van der Waals surface area contributed by atoms with E-state index in [1.807, 2.05) is 11.8 Å². The van der Waals surface area contributed by atoms with Crippen molar-refractivity contribution in [3.8, 4) is 0 Å². The van der Waals surface area contributed by atoms with E-state index in [4.69, 9.17) is 0 Å². The summed E-state index contributed by atoms with van der Waals surface area (Å²) in [6.07, 6.45) is 7.24. The zero-order valence-electron chi connectivity index (χ0n) is 11.0. The van der Waals surface area contributed by atoms with Crippen LogP contribution >= 0.6 is 11.8 Å². The Kier molecular flexibility index (Phi) is 4.33. The molecule has 0 saturated carbocycles. The monoisotopic (exact) mass is 246 g/mol. The molecule has 0 radical (unpaired) electrons. The van der Waals surface area contributed by atoms with Gasteiger partial charge in [-0.3, -0.25) is 0 Å². The Hall–Kier alpha value is -0.690. The van der Waals surface area contributed by atoms with Crippen LogP contribution in [0.1, 0.15) is 42.9 Å². The van der Waals surface area contributed by atoms with E-state index in [-0.39, 0.29) is 0 Å². The van der Waals surface area contributed by atoms with E-state index in [0.29, 0.717) is 0 Å². The summed E-state index contributed by atoms with van der Waals surface area (Å²) in [5.41, 5.74) is 5.74. The smallest absolute Gasteiger partial charge is 0.0182 e. The van der Waals surface area contributed by atoms with Crippen molar-refractivity contribution in [2.24, 2.45) is 5.92 Å². The van der Waals surface area contributed by atoms with E-state index in [1.54, 1.807) is 0 Å². The van der Waals surface area contributed by atoms with Crippen LogP contribution in [0.15, 0.2) is 24.8 Å². The number of hydrogen-bond donors (Lipinski definition) is 0. The molecule has 1 heteroatoms. The average molecular weight is 246 g/mol. The van der Waals surface area contributed by atoms with Crippen molar-refractivity contribution >= 4 is 17.3 Å². The molecule has 0 fully saturated rings. The molecular formula is C16H22S. The van der Waals surface area contributed by atoms with Crippen LogP contribution in [0.5, 0.6) is 0 Å². The first-order valence-corrected chi connectivity index (χ1v) is 7.92. The number of benzene rings is 1. The van der Waals surface area contributed by atoms with Crippen LogP contribution in [0, 0.1) is 5.92 Å². The summed E-state index contributed by atoms with van der Waals surface area (Å²) < 4.78 is 0. The highest BCUT2D eigenvalue weighted by Crippen LogP contribution is 2.35. The lowest BCUT2D eigenvalue weighted by Gasteiger charge is -2.26. The van der Waals surface area contributed by atoms with Crippen LogP contribution in [0.4, 0.5) is 0 Å². The minimum Gasteiger partial charge on any atom is -0.161 e. The molecule has 1 atom stereocenters.